The Kier molecular flexibility index (Phi) is 9.57. The topological polar surface area (TPSA) is 143 Å². The first kappa shape index (κ1) is 31.1. The molecule has 1 heterocycles. The molecule has 0 radical (unpaired) electrons. The fourth-order valence-electron chi connectivity index (χ4n) is 5.78. The minimum Gasteiger partial charge on any atom is -0.489 e. The van der Waals surface area contributed by atoms with Crippen LogP contribution in [0, 0.1) is 0 Å². The van der Waals surface area contributed by atoms with Gasteiger partial charge in [0.15, 0.2) is 0 Å². The number of fused-ring (bicyclic) bond motifs is 3. The second kappa shape index (κ2) is 14.5. The van der Waals surface area contributed by atoms with Gasteiger partial charge in [0.05, 0.1) is 6.33 Å². The highest BCUT2D eigenvalue weighted by Gasteiger charge is 2.31. The maximum Gasteiger partial charge on any atom is 0.407 e. The largest absolute Gasteiger partial charge is 0.489 e. The van der Waals surface area contributed by atoms with Crippen molar-refractivity contribution >= 4 is 18.0 Å². The highest BCUT2D eigenvalue weighted by atomic mass is 16.5. The van der Waals surface area contributed by atoms with E-state index in [1.54, 1.807) is 24.3 Å². The molecule has 4 N–H and O–H groups in total. The van der Waals surface area contributed by atoms with Crippen molar-refractivity contribution in [1.29, 1.82) is 0 Å². The number of carbonyl (C=O) groups excluding carboxylic acids is 2. The van der Waals surface area contributed by atoms with Gasteiger partial charge in [0.2, 0.25) is 5.91 Å². The summed E-state index contributed by atoms with van der Waals surface area (Å²) in [6, 6.07) is 30.4. The van der Waals surface area contributed by atoms with Crippen LogP contribution in [-0.2, 0) is 33.8 Å². The zero-order valence-corrected chi connectivity index (χ0v) is 25.5. The Labute approximate surface area is 271 Å². The molecule has 1 aliphatic rings. The Balaban J connectivity index is 1.08. The van der Waals surface area contributed by atoms with Crippen LogP contribution in [0.25, 0.3) is 11.1 Å². The van der Waals surface area contributed by atoms with E-state index in [9.17, 15) is 19.5 Å². The van der Waals surface area contributed by atoms with Crippen LogP contribution in [-0.4, -0.2) is 51.7 Å². The number of aromatic nitrogens is 2. The maximum absolute atomic E-state index is 13.5. The average Bonchev–Trinajstić information content (AvgIpc) is 3.73. The molecule has 1 aliphatic carbocycles. The monoisotopic (exact) mass is 630 g/mol. The van der Waals surface area contributed by atoms with E-state index in [4.69, 9.17) is 9.47 Å². The quantitative estimate of drug-likeness (QED) is 0.139. The number of benzene rings is 4. The zero-order chi connectivity index (χ0) is 32.6. The number of carbonyl (C=O) groups is 3. The first-order chi connectivity index (χ1) is 22.9. The van der Waals surface area contributed by atoms with E-state index in [2.05, 4.69) is 20.6 Å². The predicted molar refractivity (Wildman–Crippen MR) is 175 cm³/mol. The van der Waals surface area contributed by atoms with Crippen molar-refractivity contribution in [2.24, 2.45) is 0 Å². The lowest BCUT2D eigenvalue weighted by Gasteiger charge is -2.22. The normalized spacial score (nSPS) is 13.1. The molecule has 10 heteroatoms. The first-order valence-electron chi connectivity index (χ1n) is 15.3. The van der Waals surface area contributed by atoms with E-state index < -0.39 is 30.1 Å². The van der Waals surface area contributed by atoms with Gasteiger partial charge in [-0.3, -0.25) is 4.79 Å². The Morgan fingerprint density at radius 2 is 1.43 bits per heavy atom. The molecular formula is C37H34N4O6. The van der Waals surface area contributed by atoms with Crippen molar-refractivity contribution in [1.82, 2.24) is 20.6 Å². The third-order valence-corrected chi connectivity index (χ3v) is 8.16. The summed E-state index contributed by atoms with van der Waals surface area (Å²) in [6.07, 6.45) is 2.29. The lowest BCUT2D eigenvalue weighted by atomic mass is 9.98. The van der Waals surface area contributed by atoms with E-state index in [-0.39, 0.29) is 25.4 Å². The van der Waals surface area contributed by atoms with E-state index in [0.29, 0.717) is 23.6 Å². The fourth-order valence-corrected chi connectivity index (χ4v) is 5.78. The number of rotatable bonds is 13. The summed E-state index contributed by atoms with van der Waals surface area (Å²) in [7, 11) is 0. The maximum atomic E-state index is 13.5. The number of nitrogens with zero attached hydrogens (tertiary/aromatic N) is 1. The number of alkyl carbamates (subject to hydrolysis) is 1. The van der Waals surface area contributed by atoms with Crippen molar-refractivity contribution in [3.05, 3.63) is 144 Å². The number of H-pyrrole nitrogens is 1. The van der Waals surface area contributed by atoms with Crippen molar-refractivity contribution in [3.63, 3.8) is 0 Å². The SMILES string of the molecule is O=C(N[C@@H](Cc1cnc[nH]1)C(=O)N[C@@H](Cc1ccc(OCc2ccccc2)cc1)C(=O)O)OCC1c2ccccc2-c2ccccc21. The molecule has 0 spiro atoms. The zero-order valence-electron chi connectivity index (χ0n) is 25.5. The molecule has 238 valence electrons. The van der Waals surface area contributed by atoms with Crippen LogP contribution in [0.5, 0.6) is 5.75 Å². The number of hydrogen-bond donors (Lipinski definition) is 4. The van der Waals surface area contributed by atoms with Gasteiger partial charge in [-0.15, -0.1) is 0 Å². The first-order valence-corrected chi connectivity index (χ1v) is 15.3. The van der Waals surface area contributed by atoms with Crippen LogP contribution >= 0.6 is 0 Å². The number of carboxylic acids is 1. The van der Waals surface area contributed by atoms with Gasteiger partial charge in [0.1, 0.15) is 31.0 Å². The molecule has 0 bridgehead atoms. The van der Waals surface area contributed by atoms with Crippen LogP contribution in [0.1, 0.15) is 33.9 Å². The number of aliphatic carboxylic acids is 1. The summed E-state index contributed by atoms with van der Waals surface area (Å²) >= 11 is 0. The Morgan fingerprint density at radius 1 is 0.766 bits per heavy atom. The molecular weight excluding hydrogens is 596 g/mol. The van der Waals surface area contributed by atoms with Gasteiger partial charge < -0.3 is 30.2 Å². The van der Waals surface area contributed by atoms with Gasteiger partial charge in [0.25, 0.3) is 0 Å². The Hall–Kier alpha value is -5.90. The van der Waals surface area contributed by atoms with E-state index in [1.807, 2.05) is 78.9 Å². The van der Waals surface area contributed by atoms with Crippen LogP contribution < -0.4 is 15.4 Å². The summed E-state index contributed by atoms with van der Waals surface area (Å²) in [5.74, 6) is -1.38. The second-order valence-electron chi connectivity index (χ2n) is 11.3. The third kappa shape index (κ3) is 7.67. The van der Waals surface area contributed by atoms with Crippen LogP contribution in [0.2, 0.25) is 0 Å². The van der Waals surface area contributed by atoms with Crippen LogP contribution in [0.3, 0.4) is 0 Å². The van der Waals surface area contributed by atoms with Crippen molar-refractivity contribution in [2.45, 2.75) is 37.5 Å². The van der Waals surface area contributed by atoms with E-state index in [0.717, 1.165) is 27.8 Å². The smallest absolute Gasteiger partial charge is 0.407 e. The molecule has 6 rings (SSSR count). The Morgan fingerprint density at radius 3 is 2.06 bits per heavy atom. The van der Waals surface area contributed by atoms with Gasteiger partial charge in [-0.1, -0.05) is 91.0 Å². The number of nitrogens with one attached hydrogen (secondary N) is 3. The Bertz CT molecular complexity index is 1780. The minimum absolute atomic E-state index is 0.0295. The summed E-state index contributed by atoms with van der Waals surface area (Å²) in [5, 5.41) is 15.2. The molecule has 0 saturated heterocycles. The summed E-state index contributed by atoms with van der Waals surface area (Å²) in [5.41, 5.74) is 6.63. The number of hydrogen-bond acceptors (Lipinski definition) is 6. The van der Waals surface area contributed by atoms with Crippen molar-refractivity contribution in [2.75, 3.05) is 6.61 Å². The number of aromatic amines is 1. The highest BCUT2D eigenvalue weighted by molar-refractivity contribution is 5.89. The molecule has 0 fully saturated rings. The number of carboxylic acid groups (broad SMARTS) is 1. The molecule has 4 aromatic carbocycles. The minimum atomic E-state index is -1.24. The van der Waals surface area contributed by atoms with Gasteiger partial charge >= 0.3 is 12.1 Å². The number of imidazole rings is 1. The molecule has 47 heavy (non-hydrogen) atoms. The third-order valence-electron chi connectivity index (χ3n) is 8.16. The highest BCUT2D eigenvalue weighted by Crippen LogP contribution is 2.44. The summed E-state index contributed by atoms with van der Waals surface area (Å²) in [6.45, 7) is 0.476. The van der Waals surface area contributed by atoms with Crippen molar-refractivity contribution in [3.8, 4) is 16.9 Å². The summed E-state index contributed by atoms with van der Waals surface area (Å²) in [4.78, 5) is 45.7. The second-order valence-corrected chi connectivity index (χ2v) is 11.3. The van der Waals surface area contributed by atoms with Crippen LogP contribution in [0.15, 0.2) is 116 Å². The number of ether oxygens (including phenoxy) is 2. The van der Waals surface area contributed by atoms with Gasteiger partial charge in [-0.2, -0.15) is 0 Å². The molecule has 0 saturated carbocycles. The molecule has 0 unspecified atom stereocenters. The van der Waals surface area contributed by atoms with E-state index >= 15 is 0 Å². The molecule has 2 atom stereocenters. The standard InChI is InChI=1S/C37H34N4O6/c42-35(40-34(36(43)44)18-24-14-16-27(17-15-24)46-21-25-8-2-1-3-9-25)33(19-26-20-38-23-39-26)41-37(45)47-22-32-30-12-6-4-10-28(30)29-11-5-7-13-31(29)32/h1-17,20,23,32-34H,18-19,21-22H2,(H,38,39)(H,40,42)(H,41,45)(H,43,44)/t33-,34-/m0/s1. The van der Waals surface area contributed by atoms with Gasteiger partial charge in [-0.25, -0.2) is 14.6 Å². The number of amides is 2. The molecule has 10 nitrogen and oxygen atoms in total. The summed E-state index contributed by atoms with van der Waals surface area (Å²) < 4.78 is 11.5. The van der Waals surface area contributed by atoms with Crippen LogP contribution in [0.4, 0.5) is 4.79 Å². The average molecular weight is 631 g/mol. The van der Waals surface area contributed by atoms with Gasteiger partial charge in [0, 0.05) is 30.7 Å². The predicted octanol–water partition coefficient (Wildman–Crippen LogP) is 5.25. The molecule has 1 aromatic heterocycles. The molecule has 2 amide bonds. The van der Waals surface area contributed by atoms with Gasteiger partial charge in [-0.05, 0) is 45.5 Å². The lowest BCUT2D eigenvalue weighted by molar-refractivity contribution is -0.142. The lowest BCUT2D eigenvalue weighted by Crippen LogP contribution is -2.53. The molecule has 0 aliphatic heterocycles. The molecule has 5 aromatic rings. The van der Waals surface area contributed by atoms with Crippen molar-refractivity contribution < 1.29 is 29.0 Å². The van der Waals surface area contributed by atoms with E-state index in [1.165, 1.54) is 12.5 Å². The fraction of sp³-hybridized carbons (Fsp3) is 0.189.